The summed E-state index contributed by atoms with van der Waals surface area (Å²) in [6.07, 6.45) is 10.6. The van der Waals surface area contributed by atoms with Gasteiger partial charge in [-0.2, -0.15) is 0 Å². The van der Waals surface area contributed by atoms with Crippen LogP contribution in [0.3, 0.4) is 0 Å². The lowest BCUT2D eigenvalue weighted by Crippen LogP contribution is -2.53. The van der Waals surface area contributed by atoms with Crippen LogP contribution in [0.2, 0.25) is 0 Å². The molecule has 0 aliphatic heterocycles. The molecule has 7 nitrogen and oxygen atoms in total. The summed E-state index contributed by atoms with van der Waals surface area (Å²) in [5, 5.41) is 27.0. The molecule has 0 radical (unpaired) electrons. The lowest BCUT2D eigenvalue weighted by molar-refractivity contribution is -0.143. The number of carbonyl (C=O) groups is 2. The summed E-state index contributed by atoms with van der Waals surface area (Å²) in [6, 6.07) is -0.933. The number of fused-ring (bicyclic) bond motifs is 5. The zero-order chi connectivity index (χ0) is 24.9. The Balaban J connectivity index is 1.40. The third-order valence-corrected chi connectivity index (χ3v) is 10.2. The minimum absolute atomic E-state index is 0.0384. The second-order valence-corrected chi connectivity index (χ2v) is 12.3. The molecule has 3 fully saturated rings. The Morgan fingerprint density at radius 1 is 1.12 bits per heavy atom. The monoisotopic (exact) mass is 474 g/mol. The maximum Gasteiger partial charge on any atom is 0.326 e. The Labute approximate surface area is 203 Å². The largest absolute Gasteiger partial charge is 0.480 e. The topological polar surface area (TPSA) is 108 Å². The van der Waals surface area contributed by atoms with Crippen molar-refractivity contribution in [3.63, 3.8) is 0 Å². The first-order valence-corrected chi connectivity index (χ1v) is 13.0. The Hall–Kier alpha value is -1.89. The highest BCUT2D eigenvalue weighted by Gasteiger charge is 2.62. The molecule has 34 heavy (non-hydrogen) atoms. The van der Waals surface area contributed by atoms with Crippen LogP contribution in [-0.4, -0.2) is 46.1 Å². The highest BCUT2D eigenvalue weighted by Crippen LogP contribution is 2.67. The molecule has 3 saturated carbocycles. The Morgan fingerprint density at radius 3 is 2.50 bits per heavy atom. The van der Waals surface area contributed by atoms with Crippen molar-refractivity contribution in [1.82, 2.24) is 5.32 Å². The minimum Gasteiger partial charge on any atom is -0.480 e. The third kappa shape index (κ3) is 4.18. The molecule has 0 heterocycles. The van der Waals surface area contributed by atoms with E-state index in [9.17, 15) is 19.8 Å². The van der Waals surface area contributed by atoms with Gasteiger partial charge in [-0.15, -0.1) is 0 Å². The SMILES string of the molecule is CC(C)C(NC(=O)CO/N=C1/C=C2CC[C@@H]3C(CC[C@@]4(C)C3CC[C@]4(C)O)[C@@]2(C)CC1)C(=O)O. The van der Waals surface area contributed by atoms with E-state index in [4.69, 9.17) is 4.84 Å². The van der Waals surface area contributed by atoms with Gasteiger partial charge < -0.3 is 20.4 Å². The predicted molar refractivity (Wildman–Crippen MR) is 130 cm³/mol. The number of hydrogen-bond donors (Lipinski definition) is 3. The molecule has 4 aliphatic rings. The summed E-state index contributed by atoms with van der Waals surface area (Å²) in [4.78, 5) is 28.7. The van der Waals surface area contributed by atoms with Gasteiger partial charge in [0.15, 0.2) is 6.61 Å². The molecule has 4 aliphatic carbocycles. The smallest absolute Gasteiger partial charge is 0.326 e. The van der Waals surface area contributed by atoms with Crippen molar-refractivity contribution in [1.29, 1.82) is 0 Å². The standard InChI is InChI=1S/C27H42N2O5/c1-16(2)23(24(31)32)28-22(30)15-34-29-18-8-11-25(3)17(14-18)6-7-19-20(25)9-12-26(4)21(19)10-13-27(26,5)33/h14,16,19-21,23,33H,6-13,15H2,1-5H3,(H,28,30)(H,31,32)/b29-18+/t19-,20?,21?,23?,25+,26+,27+/m1/s1. The fraction of sp³-hybridized carbons (Fsp3) is 0.815. The van der Waals surface area contributed by atoms with Crippen LogP contribution in [0.1, 0.15) is 86.0 Å². The molecule has 0 aromatic heterocycles. The predicted octanol–water partition coefficient (Wildman–Crippen LogP) is 4.30. The number of rotatable bonds is 6. The summed E-state index contributed by atoms with van der Waals surface area (Å²) >= 11 is 0. The van der Waals surface area contributed by atoms with Crippen LogP contribution in [0, 0.1) is 34.5 Å². The molecular formula is C27H42N2O5. The van der Waals surface area contributed by atoms with Gasteiger partial charge in [0.05, 0.1) is 11.3 Å². The molecule has 0 spiro atoms. The fourth-order valence-electron chi connectivity index (χ4n) is 7.79. The van der Waals surface area contributed by atoms with E-state index in [1.807, 2.05) is 0 Å². The van der Waals surface area contributed by atoms with Crippen molar-refractivity contribution < 1.29 is 24.6 Å². The number of carboxylic acid groups (broad SMARTS) is 1. The van der Waals surface area contributed by atoms with Crippen LogP contribution >= 0.6 is 0 Å². The van der Waals surface area contributed by atoms with Crippen molar-refractivity contribution in [2.45, 2.75) is 97.6 Å². The van der Waals surface area contributed by atoms with E-state index in [2.05, 4.69) is 37.3 Å². The van der Waals surface area contributed by atoms with Crippen molar-refractivity contribution in [3.8, 4) is 0 Å². The summed E-state index contributed by atoms with van der Waals surface area (Å²) in [6.45, 7) is 10.0. The van der Waals surface area contributed by atoms with Crippen molar-refractivity contribution >= 4 is 17.6 Å². The summed E-state index contributed by atoms with van der Waals surface area (Å²) in [7, 11) is 0. The number of allylic oxidation sites excluding steroid dienone is 2. The van der Waals surface area contributed by atoms with Gasteiger partial charge in [-0.25, -0.2) is 4.79 Å². The number of oxime groups is 1. The summed E-state index contributed by atoms with van der Waals surface area (Å²) < 4.78 is 0. The average molecular weight is 475 g/mol. The Bertz CT molecular complexity index is 893. The maximum atomic E-state index is 12.1. The molecule has 190 valence electrons. The second kappa shape index (κ2) is 8.96. The number of nitrogens with zero attached hydrogens (tertiary/aromatic N) is 1. The van der Waals surface area contributed by atoms with Crippen LogP contribution in [0.25, 0.3) is 0 Å². The van der Waals surface area contributed by atoms with E-state index in [1.165, 1.54) is 18.4 Å². The second-order valence-electron chi connectivity index (χ2n) is 12.3. The van der Waals surface area contributed by atoms with Crippen LogP contribution < -0.4 is 5.32 Å². The zero-order valence-electron chi connectivity index (χ0n) is 21.4. The zero-order valence-corrected chi connectivity index (χ0v) is 21.4. The highest BCUT2D eigenvalue weighted by atomic mass is 16.6. The minimum atomic E-state index is -1.05. The molecule has 3 unspecified atom stereocenters. The van der Waals surface area contributed by atoms with Gasteiger partial charge in [0.1, 0.15) is 6.04 Å². The van der Waals surface area contributed by atoms with Gasteiger partial charge in [-0.1, -0.05) is 38.4 Å². The lowest BCUT2D eigenvalue weighted by Gasteiger charge is -2.59. The molecule has 0 aromatic carbocycles. The highest BCUT2D eigenvalue weighted by molar-refractivity contribution is 5.96. The van der Waals surface area contributed by atoms with Gasteiger partial charge in [-0.05, 0) is 98.9 Å². The van der Waals surface area contributed by atoms with E-state index in [0.717, 1.165) is 44.2 Å². The number of aliphatic hydroxyl groups is 1. The molecule has 1 amide bonds. The summed E-state index contributed by atoms with van der Waals surface area (Å²) in [5.74, 6) is 0.199. The third-order valence-electron chi connectivity index (χ3n) is 10.2. The number of aliphatic carboxylic acids is 1. The van der Waals surface area contributed by atoms with E-state index in [0.29, 0.717) is 17.8 Å². The first-order valence-electron chi connectivity index (χ1n) is 13.0. The van der Waals surface area contributed by atoms with Crippen molar-refractivity contribution in [3.05, 3.63) is 11.6 Å². The normalized spacial score (nSPS) is 41.2. The number of amides is 1. The molecule has 0 aromatic rings. The summed E-state index contributed by atoms with van der Waals surface area (Å²) in [5.41, 5.74) is 1.97. The van der Waals surface area contributed by atoms with E-state index in [-0.39, 0.29) is 23.4 Å². The molecular weight excluding hydrogens is 432 g/mol. The number of carbonyl (C=O) groups excluding carboxylic acids is 1. The van der Waals surface area contributed by atoms with E-state index < -0.39 is 23.5 Å². The first kappa shape index (κ1) is 25.2. The number of hydrogen-bond acceptors (Lipinski definition) is 5. The van der Waals surface area contributed by atoms with Gasteiger partial charge in [-0.3, -0.25) is 4.79 Å². The average Bonchev–Trinajstić information content (AvgIpc) is 3.00. The van der Waals surface area contributed by atoms with Crippen LogP contribution in [-0.2, 0) is 14.4 Å². The van der Waals surface area contributed by atoms with Crippen molar-refractivity contribution in [2.75, 3.05) is 6.61 Å². The van der Waals surface area contributed by atoms with Gasteiger partial charge in [0.2, 0.25) is 0 Å². The number of nitrogens with one attached hydrogen (secondary N) is 1. The fourth-order valence-corrected chi connectivity index (χ4v) is 7.79. The van der Waals surface area contributed by atoms with E-state index >= 15 is 0 Å². The molecule has 7 atom stereocenters. The van der Waals surface area contributed by atoms with Crippen LogP contribution in [0.15, 0.2) is 16.8 Å². The van der Waals surface area contributed by atoms with E-state index in [1.54, 1.807) is 13.8 Å². The Morgan fingerprint density at radius 2 is 1.82 bits per heavy atom. The maximum absolute atomic E-state index is 12.1. The van der Waals surface area contributed by atoms with Gasteiger partial charge >= 0.3 is 5.97 Å². The molecule has 7 heteroatoms. The first-order chi connectivity index (χ1) is 15.9. The van der Waals surface area contributed by atoms with Crippen LogP contribution in [0.5, 0.6) is 0 Å². The molecule has 0 saturated heterocycles. The van der Waals surface area contributed by atoms with Crippen molar-refractivity contribution in [2.24, 2.45) is 39.7 Å². The van der Waals surface area contributed by atoms with Gasteiger partial charge in [0.25, 0.3) is 5.91 Å². The number of carboxylic acids is 1. The Kier molecular flexibility index (Phi) is 6.64. The molecule has 0 bridgehead atoms. The van der Waals surface area contributed by atoms with Gasteiger partial charge in [0, 0.05) is 0 Å². The van der Waals surface area contributed by atoms with Crippen LogP contribution in [0.4, 0.5) is 0 Å². The molecule has 4 rings (SSSR count). The molecule has 3 N–H and O–H groups in total. The quantitative estimate of drug-likeness (QED) is 0.498. The lowest BCUT2D eigenvalue weighted by atomic mass is 9.46.